The van der Waals surface area contributed by atoms with Crippen LogP contribution in [0.25, 0.3) is 0 Å². The molecule has 0 heterocycles. The first-order valence-electron chi connectivity index (χ1n) is 7.94. The van der Waals surface area contributed by atoms with Crippen LogP contribution in [0.1, 0.15) is 40.5 Å². The summed E-state index contributed by atoms with van der Waals surface area (Å²) >= 11 is 0. The Hall–Kier alpha value is -2.08. The number of allylic oxidation sites excluding steroid dienone is 4. The van der Waals surface area contributed by atoms with Crippen LogP contribution in [0.3, 0.4) is 0 Å². The van der Waals surface area contributed by atoms with E-state index in [9.17, 15) is 0 Å². The highest BCUT2D eigenvalue weighted by Gasteiger charge is 2.73. The summed E-state index contributed by atoms with van der Waals surface area (Å²) < 4.78 is 0. The molecule has 0 heteroatoms. The van der Waals surface area contributed by atoms with Crippen molar-refractivity contribution in [2.75, 3.05) is 0 Å². The van der Waals surface area contributed by atoms with Crippen LogP contribution >= 0.6 is 0 Å². The van der Waals surface area contributed by atoms with Crippen molar-refractivity contribution < 1.29 is 0 Å². The Balaban J connectivity index is 1.76. The predicted molar refractivity (Wildman–Crippen MR) is 84.6 cm³/mol. The third kappa shape index (κ3) is 0.854. The molecule has 2 aromatic rings. The van der Waals surface area contributed by atoms with Crippen molar-refractivity contribution in [3.05, 3.63) is 95.1 Å². The molecule has 0 aromatic heterocycles. The molecule has 0 N–H and O–H groups in total. The maximum Gasteiger partial charge on any atom is 0.0344 e. The van der Waals surface area contributed by atoms with Crippen LogP contribution < -0.4 is 0 Å². The molecule has 0 amide bonds. The minimum absolute atomic E-state index is 0.210. The third-order valence-corrected chi connectivity index (χ3v) is 6.61. The fraction of sp³-hybridized carbons (Fsp3) is 0.238. The number of hydrogen-bond donors (Lipinski definition) is 0. The molecule has 100 valence electrons. The van der Waals surface area contributed by atoms with Gasteiger partial charge in [-0.3, -0.25) is 0 Å². The van der Waals surface area contributed by atoms with Gasteiger partial charge in [0.25, 0.3) is 0 Å². The lowest BCUT2D eigenvalue weighted by atomic mass is 9.44. The average molecular weight is 268 g/mol. The minimum Gasteiger partial charge on any atom is -0.0727 e. The summed E-state index contributed by atoms with van der Waals surface area (Å²) in [6.07, 6.45) is 10.8. The van der Waals surface area contributed by atoms with Crippen molar-refractivity contribution >= 4 is 0 Å². The highest BCUT2D eigenvalue weighted by atomic mass is 14.7. The van der Waals surface area contributed by atoms with Gasteiger partial charge < -0.3 is 0 Å². The molecule has 0 radical (unpaired) electrons. The van der Waals surface area contributed by atoms with Crippen LogP contribution in [0.15, 0.2) is 72.8 Å². The van der Waals surface area contributed by atoms with Gasteiger partial charge in [-0.25, -0.2) is 0 Å². The van der Waals surface area contributed by atoms with E-state index in [0.29, 0.717) is 11.8 Å². The number of benzene rings is 2. The third-order valence-electron chi connectivity index (χ3n) is 6.61. The van der Waals surface area contributed by atoms with E-state index in [1.165, 1.54) is 6.42 Å². The van der Waals surface area contributed by atoms with E-state index < -0.39 is 0 Å². The zero-order chi connectivity index (χ0) is 13.7. The topological polar surface area (TPSA) is 0 Å². The van der Waals surface area contributed by atoms with Crippen molar-refractivity contribution in [2.45, 2.75) is 29.1 Å². The highest BCUT2D eigenvalue weighted by Crippen LogP contribution is 2.79. The largest absolute Gasteiger partial charge is 0.0727 e. The molecule has 1 fully saturated rings. The molecule has 21 heavy (non-hydrogen) atoms. The smallest absolute Gasteiger partial charge is 0.0344 e. The Morgan fingerprint density at radius 2 is 1.48 bits per heavy atom. The first-order chi connectivity index (χ1) is 10.4. The molecular formula is C21H16. The zero-order valence-corrected chi connectivity index (χ0v) is 11.8. The molecule has 2 spiro atoms. The van der Waals surface area contributed by atoms with E-state index in [2.05, 4.69) is 72.8 Å². The van der Waals surface area contributed by atoms with Crippen LogP contribution in [0.2, 0.25) is 0 Å². The highest BCUT2D eigenvalue weighted by molar-refractivity contribution is 5.72. The maximum absolute atomic E-state index is 2.51. The lowest BCUT2D eigenvalue weighted by Gasteiger charge is -2.58. The van der Waals surface area contributed by atoms with Gasteiger partial charge in [0.1, 0.15) is 0 Å². The minimum atomic E-state index is 0.210. The summed E-state index contributed by atoms with van der Waals surface area (Å²) in [5.74, 6) is 1.38. The molecule has 6 rings (SSSR count). The molecule has 4 aliphatic carbocycles. The van der Waals surface area contributed by atoms with Gasteiger partial charge in [0.05, 0.1) is 0 Å². The van der Waals surface area contributed by atoms with E-state index in [1.54, 1.807) is 22.3 Å². The monoisotopic (exact) mass is 268 g/mol. The SMILES string of the molecule is C1=CC23CC(c4ccccc42)[C@H]2c4ccccc4[C@]23C=C1. The van der Waals surface area contributed by atoms with Crippen LogP contribution in [-0.4, -0.2) is 0 Å². The van der Waals surface area contributed by atoms with Crippen LogP contribution in [0.4, 0.5) is 0 Å². The van der Waals surface area contributed by atoms with Gasteiger partial charge in [-0.2, -0.15) is 0 Å². The second-order valence-corrected chi connectivity index (χ2v) is 7.02. The van der Waals surface area contributed by atoms with Gasteiger partial charge in [-0.1, -0.05) is 72.8 Å². The van der Waals surface area contributed by atoms with Crippen molar-refractivity contribution in [1.29, 1.82) is 0 Å². The Kier molecular flexibility index (Phi) is 1.55. The Labute approximate surface area is 124 Å². The van der Waals surface area contributed by atoms with E-state index in [-0.39, 0.29) is 10.8 Å². The predicted octanol–water partition coefficient (Wildman–Crippen LogP) is 4.59. The molecule has 2 aromatic carbocycles. The second kappa shape index (κ2) is 3.06. The summed E-state index contributed by atoms with van der Waals surface area (Å²) in [5, 5.41) is 0. The molecule has 4 atom stereocenters. The van der Waals surface area contributed by atoms with Crippen molar-refractivity contribution in [1.82, 2.24) is 0 Å². The fourth-order valence-electron chi connectivity index (χ4n) is 6.08. The molecule has 2 unspecified atom stereocenters. The Morgan fingerprint density at radius 3 is 2.38 bits per heavy atom. The van der Waals surface area contributed by atoms with Gasteiger partial charge in [-0.15, -0.1) is 0 Å². The molecule has 0 aliphatic heterocycles. The Morgan fingerprint density at radius 1 is 0.762 bits per heavy atom. The fourth-order valence-corrected chi connectivity index (χ4v) is 6.08. The first-order valence-corrected chi connectivity index (χ1v) is 7.94. The lowest BCUT2D eigenvalue weighted by molar-refractivity contribution is 0.293. The van der Waals surface area contributed by atoms with E-state index in [1.807, 2.05) is 0 Å². The van der Waals surface area contributed by atoms with Crippen molar-refractivity contribution in [3.8, 4) is 0 Å². The summed E-state index contributed by atoms with van der Waals surface area (Å²) in [6.45, 7) is 0. The Bertz CT molecular complexity index is 844. The number of rotatable bonds is 0. The number of fused-ring (bicyclic) bond motifs is 6. The van der Waals surface area contributed by atoms with Gasteiger partial charge in [0.2, 0.25) is 0 Å². The molecule has 0 saturated heterocycles. The molecule has 0 nitrogen and oxygen atoms in total. The molecule has 1 saturated carbocycles. The van der Waals surface area contributed by atoms with E-state index >= 15 is 0 Å². The second-order valence-electron chi connectivity index (χ2n) is 7.02. The van der Waals surface area contributed by atoms with Crippen LogP contribution in [0.5, 0.6) is 0 Å². The summed E-state index contributed by atoms with van der Waals surface area (Å²) in [4.78, 5) is 0. The van der Waals surface area contributed by atoms with Gasteiger partial charge in [0, 0.05) is 16.7 Å². The lowest BCUT2D eigenvalue weighted by Crippen LogP contribution is -2.54. The molecule has 4 aliphatic rings. The first kappa shape index (κ1) is 10.6. The quantitative estimate of drug-likeness (QED) is 0.655. The summed E-state index contributed by atoms with van der Waals surface area (Å²) in [5.41, 5.74) is 6.81. The van der Waals surface area contributed by atoms with Crippen molar-refractivity contribution in [2.24, 2.45) is 0 Å². The van der Waals surface area contributed by atoms with E-state index in [4.69, 9.17) is 0 Å². The van der Waals surface area contributed by atoms with Gasteiger partial charge >= 0.3 is 0 Å². The van der Waals surface area contributed by atoms with Crippen LogP contribution in [0, 0.1) is 0 Å². The van der Waals surface area contributed by atoms with Gasteiger partial charge in [-0.05, 0) is 34.6 Å². The maximum atomic E-state index is 2.51. The summed E-state index contributed by atoms with van der Waals surface area (Å²) in [6, 6.07) is 18.3. The normalized spacial score (nSPS) is 39.2. The standard InChI is InChI=1S/C21H16/c1-3-9-17-14(7-1)16-13-20(17)11-5-6-12-21(20)18-10-4-2-8-15(18)19(16)21/h1-12,16,19H,13H2/t16?,19-,20?,21-/m1/s1. The molecular weight excluding hydrogens is 252 g/mol. The number of hydrogen-bond acceptors (Lipinski definition) is 0. The van der Waals surface area contributed by atoms with E-state index in [0.717, 1.165) is 0 Å². The summed E-state index contributed by atoms with van der Waals surface area (Å²) in [7, 11) is 0. The van der Waals surface area contributed by atoms with Crippen molar-refractivity contribution in [3.63, 3.8) is 0 Å². The molecule has 2 bridgehead atoms. The average Bonchev–Trinajstić information content (AvgIpc) is 2.98. The van der Waals surface area contributed by atoms with Crippen LogP contribution in [-0.2, 0) is 10.8 Å². The zero-order valence-electron chi connectivity index (χ0n) is 11.8. The van der Waals surface area contributed by atoms with Gasteiger partial charge in [0.15, 0.2) is 0 Å².